The second kappa shape index (κ2) is 6.80. The monoisotopic (exact) mass is 336 g/mol. The smallest absolute Gasteiger partial charge is 0.311 e. The van der Waals surface area contributed by atoms with Gasteiger partial charge in [-0.05, 0) is 17.7 Å². The van der Waals surface area contributed by atoms with Gasteiger partial charge < -0.3 is 9.05 Å². The number of hydrogen-bond donors (Lipinski definition) is 1. The Bertz CT molecular complexity index is 417. The summed E-state index contributed by atoms with van der Waals surface area (Å²) in [6, 6.07) is 7.51. The van der Waals surface area contributed by atoms with E-state index in [0.29, 0.717) is 0 Å². The number of hydrogen-bond acceptors (Lipinski definition) is 5. The molecule has 0 amide bonds. The molecule has 0 saturated carbocycles. The molecule has 0 aromatic heterocycles. The van der Waals surface area contributed by atoms with Crippen LogP contribution in [0.25, 0.3) is 0 Å². The maximum absolute atomic E-state index is 12.5. The lowest BCUT2D eigenvalue weighted by atomic mass is 10.2. The molecule has 1 aromatic carbocycles. The molecule has 1 rings (SSSR count). The number of nitrogens with zero attached hydrogens (tertiary/aromatic N) is 1. The minimum atomic E-state index is -3.25. The normalized spacial score (nSPS) is 13.9. The quantitative estimate of drug-likeness (QED) is 0.639. The summed E-state index contributed by atoms with van der Waals surface area (Å²) < 4.78 is 23.6. The fourth-order valence-corrected chi connectivity index (χ4v) is 3.25. The van der Waals surface area contributed by atoms with Crippen molar-refractivity contribution in [2.24, 2.45) is 0 Å². The van der Waals surface area contributed by atoms with Gasteiger partial charge >= 0.3 is 7.60 Å². The number of rotatable bonds is 6. The molecule has 0 spiro atoms. The van der Waals surface area contributed by atoms with E-state index in [4.69, 9.17) is 9.05 Å². The molecule has 7 heteroatoms. The first-order valence-corrected chi connectivity index (χ1v) is 7.73. The van der Waals surface area contributed by atoms with Crippen LogP contribution in [0.3, 0.4) is 0 Å². The molecule has 1 N–H and O–H groups in total. The zero-order valence-corrected chi connectivity index (χ0v) is 13.4. The van der Waals surface area contributed by atoms with Gasteiger partial charge in [-0.3, -0.25) is 4.57 Å². The number of halogens is 1. The van der Waals surface area contributed by atoms with Crippen molar-refractivity contribution < 1.29 is 13.6 Å². The van der Waals surface area contributed by atoms with Crippen LogP contribution in [0, 0.1) is 0 Å². The topological polar surface area (TPSA) is 50.8 Å². The summed E-state index contributed by atoms with van der Waals surface area (Å²) in [6.45, 7) is 0. The third kappa shape index (κ3) is 3.88. The summed E-state index contributed by atoms with van der Waals surface area (Å²) in [5.74, 6) is -0.546. The van der Waals surface area contributed by atoms with Crippen molar-refractivity contribution in [3.05, 3.63) is 34.3 Å². The summed E-state index contributed by atoms with van der Waals surface area (Å²) in [5, 5.41) is 1.72. The van der Waals surface area contributed by atoms with Gasteiger partial charge in [0.25, 0.3) is 0 Å². The molecule has 1 unspecified atom stereocenters. The van der Waals surface area contributed by atoms with Gasteiger partial charge in [0.05, 0.1) is 0 Å². The van der Waals surface area contributed by atoms with E-state index in [1.807, 2.05) is 38.4 Å². The van der Waals surface area contributed by atoms with E-state index in [2.05, 4.69) is 21.4 Å². The first-order valence-electron chi connectivity index (χ1n) is 5.33. The molecule has 0 fully saturated rings. The Kier molecular flexibility index (Phi) is 5.98. The van der Waals surface area contributed by atoms with Crippen molar-refractivity contribution in [1.82, 2.24) is 10.4 Å². The number of hydrazine groups is 1. The maximum Gasteiger partial charge on any atom is 0.352 e. The van der Waals surface area contributed by atoms with Crippen LogP contribution >= 0.6 is 23.5 Å². The van der Waals surface area contributed by atoms with Gasteiger partial charge in [0.1, 0.15) is 5.78 Å². The van der Waals surface area contributed by atoms with Crippen molar-refractivity contribution in [3.8, 4) is 0 Å². The molecule has 0 bridgehead atoms. The summed E-state index contributed by atoms with van der Waals surface area (Å²) in [6.07, 6.45) is 0. The van der Waals surface area contributed by atoms with Gasteiger partial charge in [0.2, 0.25) is 0 Å². The highest BCUT2D eigenvalue weighted by Gasteiger charge is 2.35. The Morgan fingerprint density at radius 2 is 1.72 bits per heavy atom. The van der Waals surface area contributed by atoms with Gasteiger partial charge in [-0.25, -0.2) is 10.4 Å². The van der Waals surface area contributed by atoms with Crippen molar-refractivity contribution >= 4 is 23.5 Å². The molecule has 102 valence electrons. The highest BCUT2D eigenvalue weighted by atomic mass is 79.9. The van der Waals surface area contributed by atoms with Gasteiger partial charge in [0, 0.05) is 32.8 Å². The minimum absolute atomic E-state index is 0.546. The maximum atomic E-state index is 12.5. The van der Waals surface area contributed by atoms with Crippen molar-refractivity contribution in [2.75, 3.05) is 28.3 Å². The van der Waals surface area contributed by atoms with Crippen molar-refractivity contribution in [3.63, 3.8) is 0 Å². The third-order valence-electron chi connectivity index (χ3n) is 2.39. The van der Waals surface area contributed by atoms with Crippen LogP contribution in [0.2, 0.25) is 0 Å². The third-order valence-corrected chi connectivity index (χ3v) is 4.98. The average molecular weight is 337 g/mol. The Morgan fingerprint density at radius 3 is 2.11 bits per heavy atom. The van der Waals surface area contributed by atoms with E-state index >= 15 is 0 Å². The van der Waals surface area contributed by atoms with Crippen LogP contribution in [0.15, 0.2) is 28.7 Å². The molecule has 0 aliphatic rings. The lowest BCUT2D eigenvalue weighted by Gasteiger charge is -2.28. The van der Waals surface area contributed by atoms with Crippen LogP contribution in [-0.2, 0) is 13.6 Å². The Morgan fingerprint density at radius 1 is 1.22 bits per heavy atom. The molecule has 5 nitrogen and oxygen atoms in total. The summed E-state index contributed by atoms with van der Waals surface area (Å²) >= 11 is 3.37. The van der Waals surface area contributed by atoms with Gasteiger partial charge in [-0.1, -0.05) is 28.1 Å². The largest absolute Gasteiger partial charge is 0.352 e. The van der Waals surface area contributed by atoms with Gasteiger partial charge in [-0.15, -0.1) is 0 Å². The van der Waals surface area contributed by atoms with E-state index in [1.54, 1.807) is 5.01 Å². The molecular weight excluding hydrogens is 319 g/mol. The molecular formula is C11H18BrN2O3P. The van der Waals surface area contributed by atoms with E-state index in [0.717, 1.165) is 10.0 Å². The molecule has 0 aliphatic carbocycles. The van der Waals surface area contributed by atoms with E-state index in [9.17, 15) is 4.57 Å². The second-order valence-corrected chi connectivity index (χ2v) is 7.12. The predicted octanol–water partition coefficient (Wildman–Crippen LogP) is 3.00. The standard InChI is InChI=1S/C11H18BrN2O3P/c1-14(2)13-11(18(15,16-3)17-4)9-5-7-10(12)8-6-9/h5-8,11,13H,1-4H3. The van der Waals surface area contributed by atoms with Crippen LogP contribution < -0.4 is 5.43 Å². The Hall–Kier alpha value is -0.230. The fraction of sp³-hybridized carbons (Fsp3) is 0.455. The highest BCUT2D eigenvalue weighted by molar-refractivity contribution is 9.10. The fourth-order valence-electron chi connectivity index (χ4n) is 1.50. The Labute approximate surface area is 116 Å². The summed E-state index contributed by atoms with van der Waals surface area (Å²) in [7, 11) is 3.16. The lowest BCUT2D eigenvalue weighted by molar-refractivity contribution is 0.217. The molecule has 1 aromatic rings. The second-order valence-electron chi connectivity index (χ2n) is 3.88. The molecule has 18 heavy (non-hydrogen) atoms. The summed E-state index contributed by atoms with van der Waals surface area (Å²) in [4.78, 5) is 0. The van der Waals surface area contributed by atoms with Crippen LogP contribution in [0.1, 0.15) is 11.3 Å². The number of benzene rings is 1. The zero-order valence-electron chi connectivity index (χ0n) is 10.9. The van der Waals surface area contributed by atoms with Gasteiger partial charge in [-0.2, -0.15) is 0 Å². The molecule has 0 aliphatic heterocycles. The molecule has 0 heterocycles. The van der Waals surface area contributed by atoms with Crippen LogP contribution in [-0.4, -0.2) is 33.3 Å². The SMILES string of the molecule is COP(=O)(OC)C(NN(C)C)c1ccc(Br)cc1. The van der Waals surface area contributed by atoms with Gasteiger partial charge in [0.15, 0.2) is 0 Å². The van der Waals surface area contributed by atoms with Crippen LogP contribution in [0.5, 0.6) is 0 Å². The lowest BCUT2D eigenvalue weighted by Crippen LogP contribution is -2.34. The highest BCUT2D eigenvalue weighted by Crippen LogP contribution is 2.58. The van der Waals surface area contributed by atoms with E-state index in [1.165, 1.54) is 14.2 Å². The van der Waals surface area contributed by atoms with Crippen molar-refractivity contribution in [2.45, 2.75) is 5.78 Å². The Balaban J connectivity index is 3.12. The van der Waals surface area contributed by atoms with E-state index in [-0.39, 0.29) is 0 Å². The molecule has 0 saturated heterocycles. The first-order chi connectivity index (χ1) is 8.42. The van der Waals surface area contributed by atoms with Crippen LogP contribution in [0.4, 0.5) is 0 Å². The predicted molar refractivity (Wildman–Crippen MR) is 75.3 cm³/mol. The number of nitrogens with one attached hydrogen (secondary N) is 1. The first kappa shape index (κ1) is 15.8. The minimum Gasteiger partial charge on any atom is -0.311 e. The van der Waals surface area contributed by atoms with Crippen molar-refractivity contribution in [1.29, 1.82) is 0 Å². The van der Waals surface area contributed by atoms with E-state index < -0.39 is 13.4 Å². The summed E-state index contributed by atoms with van der Waals surface area (Å²) in [5.41, 5.74) is 3.90. The molecule has 1 atom stereocenters. The zero-order chi connectivity index (χ0) is 13.8. The average Bonchev–Trinajstić information content (AvgIpc) is 2.36. The molecule has 0 radical (unpaired) electrons.